The Morgan fingerprint density at radius 2 is 2.11 bits per heavy atom. The molecule has 2 heterocycles. The van der Waals surface area contributed by atoms with Gasteiger partial charge in [-0.1, -0.05) is 18.2 Å². The molecule has 1 N–H and O–H groups in total. The number of methoxy groups -OCH3 is 1. The molecule has 1 aliphatic rings. The molecule has 0 bridgehead atoms. The third-order valence-corrected chi connectivity index (χ3v) is 4.85. The van der Waals surface area contributed by atoms with Crippen molar-refractivity contribution in [3.05, 3.63) is 57.6 Å². The predicted molar refractivity (Wildman–Crippen MR) is 89.4 cm³/mol. The molecular formula is C18H19F3N2O4. The number of benzene rings is 1. The maximum absolute atomic E-state index is 13.3. The van der Waals surface area contributed by atoms with Gasteiger partial charge >= 0.3 is 12.3 Å². The van der Waals surface area contributed by atoms with Crippen molar-refractivity contribution in [3.63, 3.8) is 0 Å². The second-order valence-corrected chi connectivity index (χ2v) is 6.51. The summed E-state index contributed by atoms with van der Waals surface area (Å²) >= 11 is 0. The molecule has 1 saturated heterocycles. The van der Waals surface area contributed by atoms with Crippen LogP contribution in [0.4, 0.5) is 18.0 Å². The highest BCUT2D eigenvalue weighted by molar-refractivity contribution is 5.68. The summed E-state index contributed by atoms with van der Waals surface area (Å²) in [4.78, 5) is 24.9. The summed E-state index contributed by atoms with van der Waals surface area (Å²) in [6.07, 6.45) is -4.15. The smallest absolute Gasteiger partial charge is 0.416 e. The molecule has 1 aromatic carbocycles. The second-order valence-electron chi connectivity index (χ2n) is 6.51. The van der Waals surface area contributed by atoms with Crippen molar-refractivity contribution >= 4 is 6.09 Å². The molecule has 27 heavy (non-hydrogen) atoms. The minimum absolute atomic E-state index is 0.0237. The van der Waals surface area contributed by atoms with Gasteiger partial charge < -0.3 is 14.2 Å². The number of amides is 1. The van der Waals surface area contributed by atoms with E-state index in [0.29, 0.717) is 25.1 Å². The van der Waals surface area contributed by atoms with Gasteiger partial charge in [0.25, 0.3) is 5.56 Å². The van der Waals surface area contributed by atoms with Crippen molar-refractivity contribution in [1.82, 2.24) is 10.1 Å². The first kappa shape index (κ1) is 19.1. The number of hydrogen-bond donors (Lipinski definition) is 1. The van der Waals surface area contributed by atoms with Crippen LogP contribution in [0.3, 0.4) is 0 Å². The molecule has 0 spiro atoms. The van der Waals surface area contributed by atoms with E-state index >= 15 is 0 Å². The van der Waals surface area contributed by atoms with Crippen LogP contribution in [0, 0.1) is 0 Å². The van der Waals surface area contributed by atoms with E-state index in [4.69, 9.17) is 9.26 Å². The number of nitrogens with one attached hydrogen (secondary N) is 1. The van der Waals surface area contributed by atoms with Gasteiger partial charge in [-0.05, 0) is 30.9 Å². The molecule has 1 aromatic heterocycles. The summed E-state index contributed by atoms with van der Waals surface area (Å²) in [5.74, 6) is 0.270. The Bertz CT molecular complexity index is 859. The van der Waals surface area contributed by atoms with E-state index in [-0.39, 0.29) is 23.5 Å². The number of halogens is 3. The first-order valence-corrected chi connectivity index (χ1v) is 8.47. The molecule has 1 fully saturated rings. The highest BCUT2D eigenvalue weighted by Gasteiger charge is 2.37. The fourth-order valence-corrected chi connectivity index (χ4v) is 3.59. The lowest BCUT2D eigenvalue weighted by atomic mass is 9.85. The van der Waals surface area contributed by atoms with Crippen LogP contribution in [-0.2, 0) is 17.3 Å². The molecular weight excluding hydrogens is 365 g/mol. The topological polar surface area (TPSA) is 75.5 Å². The number of carbonyl (C=O) groups is 1. The van der Waals surface area contributed by atoms with Crippen molar-refractivity contribution in [1.29, 1.82) is 0 Å². The summed E-state index contributed by atoms with van der Waals surface area (Å²) in [6, 6.07) is 6.14. The molecule has 3 rings (SSSR count). The summed E-state index contributed by atoms with van der Waals surface area (Å²) in [6.45, 7) is 0.297. The fourth-order valence-electron chi connectivity index (χ4n) is 3.59. The average molecular weight is 384 g/mol. The van der Waals surface area contributed by atoms with Gasteiger partial charge in [0.15, 0.2) is 0 Å². The minimum atomic E-state index is -4.48. The van der Waals surface area contributed by atoms with Crippen molar-refractivity contribution in [3.8, 4) is 0 Å². The molecule has 0 saturated carbocycles. The third-order valence-electron chi connectivity index (χ3n) is 4.85. The quantitative estimate of drug-likeness (QED) is 0.878. The molecule has 2 aromatic rings. The molecule has 6 nitrogen and oxygen atoms in total. The summed E-state index contributed by atoms with van der Waals surface area (Å²) in [7, 11) is 1.24. The van der Waals surface area contributed by atoms with E-state index < -0.39 is 23.9 Å². The predicted octanol–water partition coefficient (Wildman–Crippen LogP) is 3.54. The van der Waals surface area contributed by atoms with Gasteiger partial charge in [-0.25, -0.2) is 4.79 Å². The van der Waals surface area contributed by atoms with Gasteiger partial charge in [-0.2, -0.15) is 18.3 Å². The van der Waals surface area contributed by atoms with Crippen molar-refractivity contribution in [2.45, 2.75) is 37.4 Å². The second kappa shape index (κ2) is 7.50. The van der Waals surface area contributed by atoms with Crippen LogP contribution >= 0.6 is 0 Å². The zero-order valence-corrected chi connectivity index (χ0v) is 14.6. The number of rotatable bonds is 3. The summed E-state index contributed by atoms with van der Waals surface area (Å²) in [5, 5.41) is 2.22. The van der Waals surface area contributed by atoms with E-state index in [1.54, 1.807) is 6.07 Å². The minimum Gasteiger partial charge on any atom is -0.453 e. The Morgan fingerprint density at radius 3 is 2.74 bits per heavy atom. The van der Waals surface area contributed by atoms with Crippen LogP contribution in [0.5, 0.6) is 0 Å². The van der Waals surface area contributed by atoms with Crippen LogP contribution in [-0.4, -0.2) is 35.8 Å². The molecule has 0 radical (unpaired) electrons. The molecule has 2 unspecified atom stereocenters. The molecule has 2 atom stereocenters. The Balaban J connectivity index is 1.88. The number of carbonyl (C=O) groups excluding carboxylic acids is 1. The zero-order valence-electron chi connectivity index (χ0n) is 14.6. The van der Waals surface area contributed by atoms with E-state index in [0.717, 1.165) is 6.07 Å². The van der Waals surface area contributed by atoms with Crippen molar-refractivity contribution < 1.29 is 27.2 Å². The fraction of sp³-hybridized carbons (Fsp3) is 0.444. The highest BCUT2D eigenvalue weighted by atomic mass is 19.4. The lowest BCUT2D eigenvalue weighted by Crippen LogP contribution is -2.46. The van der Waals surface area contributed by atoms with Crippen LogP contribution < -0.4 is 5.56 Å². The van der Waals surface area contributed by atoms with E-state index in [1.165, 1.54) is 30.2 Å². The standard InChI is InChI=1S/C18H19F3N2O4/c1-26-17(25)23-7-6-12(15-10-16(24)22-27-15)9-13(23)8-11-4-2-3-5-14(11)18(19,20)21/h2-5,10,12-13H,6-9H2,1H3,(H,22,24). The maximum atomic E-state index is 13.3. The van der Waals surface area contributed by atoms with Gasteiger partial charge in [0, 0.05) is 24.6 Å². The average Bonchev–Trinajstić information content (AvgIpc) is 3.07. The number of alkyl halides is 3. The molecule has 146 valence electrons. The number of hydrogen-bond acceptors (Lipinski definition) is 4. The first-order valence-electron chi connectivity index (χ1n) is 8.47. The maximum Gasteiger partial charge on any atom is 0.416 e. The van der Waals surface area contributed by atoms with Gasteiger partial charge in [-0.15, -0.1) is 0 Å². The van der Waals surface area contributed by atoms with Crippen molar-refractivity contribution in [2.24, 2.45) is 0 Å². The number of ether oxygens (including phenoxy) is 1. The van der Waals surface area contributed by atoms with Crippen LogP contribution in [0.2, 0.25) is 0 Å². The Labute approximate surface area is 152 Å². The van der Waals surface area contributed by atoms with Crippen LogP contribution in [0.15, 0.2) is 39.6 Å². The summed E-state index contributed by atoms with van der Waals surface area (Å²) < 4.78 is 49.9. The van der Waals surface area contributed by atoms with Gasteiger partial charge in [-0.3, -0.25) is 4.79 Å². The Hall–Kier alpha value is -2.71. The number of aromatic nitrogens is 1. The first-order chi connectivity index (χ1) is 12.8. The van der Waals surface area contributed by atoms with Crippen LogP contribution in [0.1, 0.15) is 35.6 Å². The van der Waals surface area contributed by atoms with Gasteiger partial charge in [0.2, 0.25) is 0 Å². The van der Waals surface area contributed by atoms with E-state index in [2.05, 4.69) is 5.16 Å². The van der Waals surface area contributed by atoms with E-state index in [9.17, 15) is 22.8 Å². The lowest BCUT2D eigenvalue weighted by molar-refractivity contribution is -0.138. The number of nitrogens with zero attached hydrogens (tertiary/aromatic N) is 1. The molecule has 1 amide bonds. The summed E-state index contributed by atoms with van der Waals surface area (Å²) in [5.41, 5.74) is -0.982. The number of likely N-dealkylation sites (tertiary alicyclic amines) is 1. The van der Waals surface area contributed by atoms with Crippen LogP contribution in [0.25, 0.3) is 0 Å². The molecule has 1 aliphatic heterocycles. The Kier molecular flexibility index (Phi) is 5.29. The third kappa shape index (κ3) is 4.17. The zero-order chi connectivity index (χ0) is 19.6. The largest absolute Gasteiger partial charge is 0.453 e. The molecule has 0 aliphatic carbocycles. The van der Waals surface area contributed by atoms with Crippen molar-refractivity contribution in [2.75, 3.05) is 13.7 Å². The highest BCUT2D eigenvalue weighted by Crippen LogP contribution is 2.36. The monoisotopic (exact) mass is 384 g/mol. The normalized spacial score (nSPS) is 20.5. The number of H-pyrrole nitrogens is 1. The Morgan fingerprint density at radius 1 is 1.37 bits per heavy atom. The number of aromatic amines is 1. The SMILES string of the molecule is COC(=O)N1CCC(c2cc(=O)[nH]o2)CC1Cc1ccccc1C(F)(F)F. The van der Waals surface area contributed by atoms with E-state index in [1.807, 2.05) is 0 Å². The number of piperidine rings is 1. The van der Waals surface area contributed by atoms with Gasteiger partial charge in [0.1, 0.15) is 5.76 Å². The molecule has 9 heteroatoms. The van der Waals surface area contributed by atoms with Gasteiger partial charge in [0.05, 0.1) is 12.7 Å². The lowest BCUT2D eigenvalue weighted by Gasteiger charge is -2.38.